The molecule has 0 aliphatic carbocycles. The van der Waals surface area contributed by atoms with Gasteiger partial charge in [0.1, 0.15) is 4.90 Å². The fourth-order valence-corrected chi connectivity index (χ4v) is 3.87. The molecule has 2 rings (SSSR count). The molecule has 24 heavy (non-hydrogen) atoms. The molecular weight excluding hydrogens is 354 g/mol. The minimum Gasteiger partial charge on any atom is -0.494 e. The second-order valence-electron chi connectivity index (χ2n) is 4.83. The average Bonchev–Trinajstić information content (AvgIpc) is 3.06. The monoisotopic (exact) mass is 371 g/mol. The van der Waals surface area contributed by atoms with Crippen LogP contribution in [0.15, 0.2) is 40.4 Å². The molecule has 0 unspecified atom stereocenters. The van der Waals surface area contributed by atoms with Gasteiger partial charge in [0.05, 0.1) is 12.1 Å². The van der Waals surface area contributed by atoms with Crippen LogP contribution in [-0.4, -0.2) is 49.3 Å². The van der Waals surface area contributed by atoms with Crippen LogP contribution in [0.1, 0.15) is 13.8 Å². The van der Waals surface area contributed by atoms with Crippen LogP contribution in [-0.2, 0) is 9.84 Å². The molecule has 7 nitrogen and oxygen atoms in total. The molecule has 0 spiro atoms. The molecule has 0 atom stereocenters. The minimum absolute atomic E-state index is 0.0452. The van der Waals surface area contributed by atoms with Crippen molar-refractivity contribution in [3.8, 4) is 5.75 Å². The quantitative estimate of drug-likeness (QED) is 0.807. The number of ether oxygens (including phenoxy) is 1. The van der Waals surface area contributed by atoms with Gasteiger partial charge in [0, 0.05) is 19.3 Å². The molecule has 9 heteroatoms. The van der Waals surface area contributed by atoms with E-state index in [9.17, 15) is 13.2 Å². The number of aromatic nitrogens is 2. The van der Waals surface area contributed by atoms with Gasteiger partial charge in [0.2, 0.25) is 9.84 Å². The average molecular weight is 372 g/mol. The predicted octanol–water partition coefficient (Wildman–Crippen LogP) is 2.69. The van der Waals surface area contributed by atoms with Crippen molar-refractivity contribution >= 4 is 27.5 Å². The normalized spacial score (nSPS) is 11.3. The van der Waals surface area contributed by atoms with E-state index in [0.29, 0.717) is 13.1 Å². The summed E-state index contributed by atoms with van der Waals surface area (Å²) in [6.07, 6.45) is 1.32. The first kappa shape index (κ1) is 18.3. The van der Waals surface area contributed by atoms with Gasteiger partial charge >= 0.3 is 6.03 Å². The zero-order valence-corrected chi connectivity index (χ0v) is 15.1. The largest absolute Gasteiger partial charge is 0.494 e. The molecule has 0 saturated heterocycles. The second kappa shape index (κ2) is 7.23. The third-order valence-electron chi connectivity index (χ3n) is 3.49. The van der Waals surface area contributed by atoms with E-state index in [4.69, 9.17) is 16.3 Å². The molecule has 0 aliphatic heterocycles. The second-order valence-corrected chi connectivity index (χ2v) is 7.10. The number of para-hydroxylation sites is 1. The molecule has 0 radical (unpaired) electrons. The van der Waals surface area contributed by atoms with Gasteiger partial charge < -0.3 is 9.64 Å². The molecule has 1 heterocycles. The number of rotatable bonds is 5. The Morgan fingerprint density at radius 1 is 1.29 bits per heavy atom. The van der Waals surface area contributed by atoms with Crippen LogP contribution in [0.4, 0.5) is 4.79 Å². The van der Waals surface area contributed by atoms with Crippen LogP contribution >= 0.6 is 11.6 Å². The maximum Gasteiger partial charge on any atom is 0.344 e. The highest BCUT2D eigenvalue weighted by atomic mass is 35.5. The van der Waals surface area contributed by atoms with E-state index in [1.165, 1.54) is 42.5 Å². The summed E-state index contributed by atoms with van der Waals surface area (Å²) in [5, 5.41) is 3.85. The van der Waals surface area contributed by atoms with Crippen molar-refractivity contribution in [3.05, 3.63) is 35.5 Å². The summed E-state index contributed by atoms with van der Waals surface area (Å²) < 4.78 is 31.6. The number of methoxy groups -OCH3 is 1. The lowest BCUT2D eigenvalue weighted by Gasteiger charge is -2.17. The maximum atomic E-state index is 12.8. The molecule has 1 aromatic carbocycles. The molecule has 1 amide bonds. The molecule has 0 aliphatic rings. The number of amides is 1. The van der Waals surface area contributed by atoms with Crippen LogP contribution < -0.4 is 4.74 Å². The minimum atomic E-state index is -3.97. The summed E-state index contributed by atoms with van der Waals surface area (Å²) in [6.45, 7) is 4.66. The number of hydrogen-bond donors (Lipinski definition) is 0. The number of carbonyl (C=O) groups excluding carboxylic acids is 1. The van der Waals surface area contributed by atoms with Gasteiger partial charge in [0.25, 0.3) is 0 Å². The summed E-state index contributed by atoms with van der Waals surface area (Å²) in [6, 6.07) is 5.31. The van der Waals surface area contributed by atoms with Crippen LogP contribution in [0.5, 0.6) is 5.75 Å². The molecule has 1 aromatic heterocycles. The number of benzene rings is 1. The zero-order valence-electron chi connectivity index (χ0n) is 13.6. The van der Waals surface area contributed by atoms with Crippen molar-refractivity contribution in [3.63, 3.8) is 0 Å². The summed E-state index contributed by atoms with van der Waals surface area (Å²) in [5.74, 6) is 0.0452. The van der Waals surface area contributed by atoms with E-state index in [1.54, 1.807) is 0 Å². The third-order valence-corrected chi connectivity index (χ3v) is 5.46. The Morgan fingerprint density at radius 3 is 2.54 bits per heavy atom. The summed E-state index contributed by atoms with van der Waals surface area (Å²) in [4.78, 5) is 13.7. The summed E-state index contributed by atoms with van der Waals surface area (Å²) in [5.41, 5.74) is 0. The molecular formula is C15H18ClN3O4S. The molecule has 130 valence electrons. The highest BCUT2D eigenvalue weighted by Gasteiger charge is 2.27. The summed E-state index contributed by atoms with van der Waals surface area (Å²) in [7, 11) is -2.63. The van der Waals surface area contributed by atoms with Crippen LogP contribution in [0, 0.1) is 0 Å². The van der Waals surface area contributed by atoms with Gasteiger partial charge in [-0.25, -0.2) is 13.2 Å². The van der Waals surface area contributed by atoms with Crippen molar-refractivity contribution in [1.82, 2.24) is 14.7 Å². The van der Waals surface area contributed by atoms with E-state index in [-0.39, 0.29) is 26.7 Å². The van der Waals surface area contributed by atoms with Crippen molar-refractivity contribution in [2.24, 2.45) is 0 Å². The van der Waals surface area contributed by atoms with Crippen LogP contribution in [0.25, 0.3) is 0 Å². The Hall–Kier alpha value is -2.06. The number of carbonyl (C=O) groups is 1. The van der Waals surface area contributed by atoms with Gasteiger partial charge in [-0.15, -0.1) is 0 Å². The van der Waals surface area contributed by atoms with Crippen molar-refractivity contribution in [2.75, 3.05) is 20.2 Å². The standard InChI is InChI=1S/C15H18ClN3O4S/c1-4-18(5-2)15(20)19-10-9-13(17-19)24(21,22)12-8-6-7-11(16)14(12)23-3/h6-10H,4-5H2,1-3H3. The van der Waals surface area contributed by atoms with E-state index in [2.05, 4.69) is 5.10 Å². The Bertz CT molecular complexity index is 844. The highest BCUT2D eigenvalue weighted by Crippen LogP contribution is 2.34. The van der Waals surface area contributed by atoms with Gasteiger partial charge in [-0.05, 0) is 32.0 Å². The fourth-order valence-electron chi connectivity index (χ4n) is 2.21. The molecule has 0 fully saturated rings. The lowest BCUT2D eigenvalue weighted by molar-refractivity contribution is 0.201. The number of halogens is 1. The topological polar surface area (TPSA) is 81.5 Å². The van der Waals surface area contributed by atoms with Crippen molar-refractivity contribution in [2.45, 2.75) is 23.8 Å². The van der Waals surface area contributed by atoms with Crippen molar-refractivity contribution < 1.29 is 17.9 Å². The summed E-state index contributed by atoms with van der Waals surface area (Å²) >= 11 is 5.98. The van der Waals surface area contributed by atoms with Crippen LogP contribution in [0.3, 0.4) is 0 Å². The first-order valence-electron chi connectivity index (χ1n) is 7.29. The molecule has 2 aromatic rings. The maximum absolute atomic E-state index is 12.8. The first-order chi connectivity index (χ1) is 11.4. The van der Waals surface area contributed by atoms with E-state index in [1.807, 2.05) is 13.8 Å². The van der Waals surface area contributed by atoms with Gasteiger partial charge in [-0.1, -0.05) is 17.7 Å². The van der Waals surface area contributed by atoms with Crippen LogP contribution in [0.2, 0.25) is 5.02 Å². The third kappa shape index (κ3) is 3.25. The Morgan fingerprint density at radius 2 is 1.96 bits per heavy atom. The van der Waals surface area contributed by atoms with Gasteiger partial charge in [-0.2, -0.15) is 9.78 Å². The molecule has 0 N–H and O–H groups in total. The lowest BCUT2D eigenvalue weighted by Crippen LogP contribution is -2.34. The predicted molar refractivity (Wildman–Crippen MR) is 89.4 cm³/mol. The van der Waals surface area contributed by atoms with E-state index < -0.39 is 9.84 Å². The number of sulfone groups is 1. The van der Waals surface area contributed by atoms with E-state index in [0.717, 1.165) is 4.68 Å². The Labute approximate surface area is 145 Å². The SMILES string of the molecule is CCN(CC)C(=O)n1ccc(S(=O)(=O)c2cccc(Cl)c2OC)n1. The van der Waals surface area contributed by atoms with E-state index >= 15 is 0 Å². The highest BCUT2D eigenvalue weighted by molar-refractivity contribution is 7.91. The molecule has 0 saturated carbocycles. The zero-order chi connectivity index (χ0) is 17.9. The van der Waals surface area contributed by atoms with Gasteiger partial charge in [-0.3, -0.25) is 0 Å². The van der Waals surface area contributed by atoms with Crippen molar-refractivity contribution in [1.29, 1.82) is 0 Å². The smallest absolute Gasteiger partial charge is 0.344 e. The van der Waals surface area contributed by atoms with Gasteiger partial charge in [0.15, 0.2) is 10.8 Å². The number of hydrogen-bond acceptors (Lipinski definition) is 5. The molecule has 0 bridgehead atoms. The Balaban J connectivity index is 2.46. The number of nitrogens with zero attached hydrogens (tertiary/aromatic N) is 3. The first-order valence-corrected chi connectivity index (χ1v) is 9.15. The fraction of sp³-hybridized carbons (Fsp3) is 0.333. The Kier molecular flexibility index (Phi) is 5.51. The lowest BCUT2D eigenvalue weighted by atomic mass is 10.3.